The van der Waals surface area contributed by atoms with Gasteiger partial charge in [0.15, 0.2) is 0 Å². The quantitative estimate of drug-likeness (QED) is 0.351. The van der Waals surface area contributed by atoms with Crippen LogP contribution in [0.15, 0.2) is 59.5 Å². The Hall–Kier alpha value is -2.65. The van der Waals surface area contributed by atoms with Crippen molar-refractivity contribution in [1.82, 2.24) is 4.98 Å². The molecule has 0 saturated carbocycles. The number of carbonyl (C=O) groups is 1. The van der Waals surface area contributed by atoms with Crippen molar-refractivity contribution in [2.24, 2.45) is 0 Å². The van der Waals surface area contributed by atoms with Gasteiger partial charge in [-0.25, -0.2) is 18.2 Å². The highest BCUT2D eigenvalue weighted by Crippen LogP contribution is 2.33. The van der Waals surface area contributed by atoms with Gasteiger partial charge >= 0.3 is 5.97 Å². The number of aryl methyl sites for hydroxylation is 1. The average Bonchev–Trinajstić information content (AvgIpc) is 3.10. The first-order chi connectivity index (χ1) is 14.6. The number of halogens is 2. The zero-order chi connectivity index (χ0) is 22.3. The van der Waals surface area contributed by atoms with Gasteiger partial charge < -0.3 is 5.11 Å². The standard InChI is InChI=1S/C21H14Cl2N2O4S2/c1-11-2-7-17-18(8-11)30-20(24-17)12-3-5-13(6-4-12)25-31(28,29)19-9-14(21(26)27)15(22)10-16(19)23/h2-10,25H,1H3,(H,26,27). The second kappa shape index (κ2) is 8.12. The van der Waals surface area contributed by atoms with E-state index >= 15 is 0 Å². The number of fused-ring (bicyclic) bond motifs is 1. The largest absolute Gasteiger partial charge is 0.478 e. The van der Waals surface area contributed by atoms with Crippen LogP contribution in [-0.2, 0) is 10.0 Å². The van der Waals surface area contributed by atoms with E-state index < -0.39 is 16.0 Å². The van der Waals surface area contributed by atoms with Crippen molar-refractivity contribution >= 4 is 66.4 Å². The molecule has 4 aromatic rings. The van der Waals surface area contributed by atoms with Crippen molar-refractivity contribution in [3.8, 4) is 10.6 Å². The highest BCUT2D eigenvalue weighted by Gasteiger charge is 2.22. The summed E-state index contributed by atoms with van der Waals surface area (Å²) in [5, 5.41) is 9.69. The lowest BCUT2D eigenvalue weighted by Crippen LogP contribution is -2.14. The summed E-state index contributed by atoms with van der Waals surface area (Å²) in [6, 6.07) is 14.8. The Kier molecular flexibility index (Phi) is 5.65. The number of carboxylic acid groups (broad SMARTS) is 1. The van der Waals surface area contributed by atoms with Gasteiger partial charge in [-0.2, -0.15) is 0 Å². The van der Waals surface area contributed by atoms with Crippen LogP contribution in [0.1, 0.15) is 15.9 Å². The van der Waals surface area contributed by atoms with Gasteiger partial charge in [0.05, 0.1) is 25.8 Å². The molecule has 0 bridgehead atoms. The van der Waals surface area contributed by atoms with Gasteiger partial charge in [0.2, 0.25) is 0 Å². The molecule has 31 heavy (non-hydrogen) atoms. The summed E-state index contributed by atoms with van der Waals surface area (Å²) in [5.74, 6) is -1.35. The number of aromatic nitrogens is 1. The molecule has 0 atom stereocenters. The molecule has 0 spiro atoms. The van der Waals surface area contributed by atoms with Gasteiger partial charge in [-0.1, -0.05) is 29.3 Å². The van der Waals surface area contributed by atoms with Crippen molar-refractivity contribution in [3.05, 3.63) is 75.8 Å². The molecule has 6 nitrogen and oxygen atoms in total. The summed E-state index contributed by atoms with van der Waals surface area (Å²) in [6.07, 6.45) is 0. The van der Waals surface area contributed by atoms with E-state index in [9.17, 15) is 18.3 Å². The van der Waals surface area contributed by atoms with E-state index in [1.165, 1.54) is 0 Å². The van der Waals surface area contributed by atoms with E-state index in [-0.39, 0.29) is 20.5 Å². The topological polar surface area (TPSA) is 96.4 Å². The van der Waals surface area contributed by atoms with Crippen LogP contribution in [0.2, 0.25) is 10.0 Å². The fraction of sp³-hybridized carbons (Fsp3) is 0.0476. The molecule has 1 heterocycles. The van der Waals surface area contributed by atoms with E-state index in [4.69, 9.17) is 23.2 Å². The van der Waals surface area contributed by atoms with Crippen LogP contribution >= 0.6 is 34.5 Å². The molecule has 0 aliphatic heterocycles. The maximum absolute atomic E-state index is 12.8. The van der Waals surface area contributed by atoms with Crippen LogP contribution in [0.4, 0.5) is 5.69 Å². The predicted octanol–water partition coefficient (Wildman–Crippen LogP) is 6.08. The molecule has 10 heteroatoms. The lowest BCUT2D eigenvalue weighted by atomic mass is 10.2. The highest BCUT2D eigenvalue weighted by atomic mass is 35.5. The Morgan fingerprint density at radius 3 is 2.42 bits per heavy atom. The van der Waals surface area contributed by atoms with Crippen molar-refractivity contribution < 1.29 is 18.3 Å². The molecule has 0 fully saturated rings. The van der Waals surface area contributed by atoms with Gasteiger partial charge in [0.1, 0.15) is 9.90 Å². The second-order valence-electron chi connectivity index (χ2n) is 6.74. The average molecular weight is 493 g/mol. The van der Waals surface area contributed by atoms with Crippen molar-refractivity contribution in [1.29, 1.82) is 0 Å². The van der Waals surface area contributed by atoms with Crippen LogP contribution in [0.3, 0.4) is 0 Å². The Balaban J connectivity index is 1.62. The van der Waals surface area contributed by atoms with E-state index in [0.717, 1.165) is 38.5 Å². The van der Waals surface area contributed by atoms with Crippen LogP contribution in [0.25, 0.3) is 20.8 Å². The maximum atomic E-state index is 12.8. The van der Waals surface area contributed by atoms with E-state index in [1.54, 1.807) is 35.6 Å². The summed E-state index contributed by atoms with van der Waals surface area (Å²) >= 11 is 13.4. The Morgan fingerprint density at radius 2 is 1.74 bits per heavy atom. The Labute approximate surface area is 192 Å². The third-order valence-corrected chi connectivity index (χ3v) is 7.70. The molecule has 4 rings (SSSR count). The lowest BCUT2D eigenvalue weighted by Gasteiger charge is -2.11. The van der Waals surface area contributed by atoms with Gasteiger partial charge in [0, 0.05) is 11.3 Å². The minimum absolute atomic E-state index is 0.146. The number of benzene rings is 3. The first-order valence-corrected chi connectivity index (χ1v) is 11.9. The molecule has 0 amide bonds. The number of rotatable bonds is 5. The molecule has 0 aliphatic carbocycles. The normalized spacial score (nSPS) is 11.6. The van der Waals surface area contributed by atoms with Crippen LogP contribution in [0, 0.1) is 6.92 Å². The monoisotopic (exact) mass is 492 g/mol. The zero-order valence-electron chi connectivity index (χ0n) is 15.9. The fourth-order valence-corrected chi connectivity index (χ4v) is 5.93. The number of anilines is 1. The highest BCUT2D eigenvalue weighted by molar-refractivity contribution is 7.92. The minimum atomic E-state index is -4.14. The summed E-state index contributed by atoms with van der Waals surface area (Å²) in [5.41, 5.74) is 2.84. The summed E-state index contributed by atoms with van der Waals surface area (Å²) in [6.45, 7) is 2.02. The summed E-state index contributed by atoms with van der Waals surface area (Å²) < 4.78 is 29.0. The molecule has 2 N–H and O–H groups in total. The predicted molar refractivity (Wildman–Crippen MR) is 124 cm³/mol. The Bertz CT molecular complexity index is 1430. The molecule has 3 aromatic carbocycles. The molecular formula is C21H14Cl2N2O4S2. The van der Waals surface area contributed by atoms with Gasteiger partial charge in [0.25, 0.3) is 10.0 Å². The molecule has 1 aromatic heterocycles. The van der Waals surface area contributed by atoms with Crippen LogP contribution in [-0.4, -0.2) is 24.5 Å². The fourth-order valence-electron chi connectivity index (χ4n) is 2.95. The summed E-state index contributed by atoms with van der Waals surface area (Å²) in [4.78, 5) is 15.5. The van der Waals surface area contributed by atoms with Crippen LogP contribution in [0.5, 0.6) is 0 Å². The maximum Gasteiger partial charge on any atom is 0.337 e. The number of carboxylic acids is 1. The number of nitrogens with zero attached hydrogens (tertiary/aromatic N) is 1. The number of hydrogen-bond donors (Lipinski definition) is 2. The van der Waals surface area contributed by atoms with Crippen molar-refractivity contribution in [2.45, 2.75) is 11.8 Å². The zero-order valence-corrected chi connectivity index (χ0v) is 19.0. The molecule has 158 valence electrons. The SMILES string of the molecule is Cc1ccc2nc(-c3ccc(NS(=O)(=O)c4cc(C(=O)O)c(Cl)cc4Cl)cc3)sc2c1. The van der Waals surface area contributed by atoms with Crippen molar-refractivity contribution in [3.63, 3.8) is 0 Å². The first kappa shape index (κ1) is 21.6. The first-order valence-electron chi connectivity index (χ1n) is 8.87. The number of aromatic carboxylic acids is 1. The Morgan fingerprint density at radius 1 is 1.03 bits per heavy atom. The number of hydrogen-bond acceptors (Lipinski definition) is 5. The van der Waals surface area contributed by atoms with E-state index in [0.29, 0.717) is 5.69 Å². The molecule has 0 unspecified atom stereocenters. The van der Waals surface area contributed by atoms with E-state index in [2.05, 4.69) is 15.8 Å². The number of nitrogens with one attached hydrogen (secondary N) is 1. The number of sulfonamides is 1. The minimum Gasteiger partial charge on any atom is -0.478 e. The third-order valence-electron chi connectivity index (χ3n) is 4.47. The molecule has 0 radical (unpaired) electrons. The van der Waals surface area contributed by atoms with Gasteiger partial charge in [-0.3, -0.25) is 4.72 Å². The lowest BCUT2D eigenvalue weighted by molar-refractivity contribution is 0.0697. The molecular weight excluding hydrogens is 479 g/mol. The third kappa shape index (κ3) is 4.38. The van der Waals surface area contributed by atoms with Crippen LogP contribution < -0.4 is 4.72 Å². The summed E-state index contributed by atoms with van der Waals surface area (Å²) in [7, 11) is -4.14. The second-order valence-corrected chi connectivity index (χ2v) is 10.2. The van der Waals surface area contributed by atoms with Gasteiger partial charge in [-0.05, 0) is 61.0 Å². The smallest absolute Gasteiger partial charge is 0.337 e. The molecule has 0 saturated heterocycles. The molecule has 0 aliphatic rings. The number of thiazole rings is 1. The van der Waals surface area contributed by atoms with Gasteiger partial charge in [-0.15, -0.1) is 11.3 Å². The van der Waals surface area contributed by atoms with E-state index in [1.807, 2.05) is 19.1 Å². The van der Waals surface area contributed by atoms with Crippen molar-refractivity contribution in [2.75, 3.05) is 4.72 Å².